The molecule has 1 atom stereocenters. The molecule has 6 heteroatoms. The average molecular weight is 301 g/mol. The van der Waals surface area contributed by atoms with Crippen LogP contribution in [-0.2, 0) is 12.7 Å². The number of hydrogen-bond acceptors (Lipinski definition) is 1. The van der Waals surface area contributed by atoms with Crippen LogP contribution in [-0.4, -0.2) is 19.0 Å². The molecule has 1 aromatic rings. The lowest BCUT2D eigenvalue weighted by molar-refractivity contribution is -0.137. The molecule has 21 heavy (non-hydrogen) atoms. The van der Waals surface area contributed by atoms with Gasteiger partial charge in [-0.25, -0.2) is 0 Å². The molecule has 0 radical (unpaired) electrons. The van der Waals surface area contributed by atoms with Crippen molar-refractivity contribution in [2.45, 2.75) is 39.5 Å². The first-order valence-corrected chi connectivity index (χ1v) is 6.87. The third-order valence-corrected chi connectivity index (χ3v) is 3.33. The van der Waals surface area contributed by atoms with Gasteiger partial charge in [-0.2, -0.15) is 13.2 Å². The molecule has 0 fully saturated rings. The molecule has 1 unspecified atom stereocenters. The van der Waals surface area contributed by atoms with Crippen LogP contribution in [0.15, 0.2) is 29.3 Å². The lowest BCUT2D eigenvalue weighted by Gasteiger charge is -2.20. The summed E-state index contributed by atoms with van der Waals surface area (Å²) in [4.78, 5) is 4.10. The minimum atomic E-state index is -4.30. The molecular weight excluding hydrogens is 279 g/mol. The third kappa shape index (κ3) is 5.65. The zero-order valence-corrected chi connectivity index (χ0v) is 12.8. The van der Waals surface area contributed by atoms with Crippen molar-refractivity contribution in [1.29, 1.82) is 0 Å². The van der Waals surface area contributed by atoms with E-state index in [2.05, 4.69) is 36.4 Å². The Labute approximate surface area is 123 Å². The normalized spacial score (nSPS) is 14.2. The summed E-state index contributed by atoms with van der Waals surface area (Å²) in [7, 11) is 1.66. The maximum atomic E-state index is 12.5. The number of hydrogen-bond donors (Lipinski definition) is 2. The Morgan fingerprint density at radius 1 is 1.14 bits per heavy atom. The Hall–Kier alpha value is -1.72. The highest BCUT2D eigenvalue weighted by Gasteiger charge is 2.29. The topological polar surface area (TPSA) is 36.4 Å². The van der Waals surface area contributed by atoms with Gasteiger partial charge in [0.25, 0.3) is 0 Å². The van der Waals surface area contributed by atoms with Gasteiger partial charge >= 0.3 is 6.18 Å². The van der Waals surface area contributed by atoms with Crippen LogP contribution in [0.25, 0.3) is 0 Å². The van der Waals surface area contributed by atoms with Crippen LogP contribution in [0.2, 0.25) is 0 Å². The van der Waals surface area contributed by atoms with Gasteiger partial charge in [0.1, 0.15) is 0 Å². The molecule has 0 spiro atoms. The standard InChI is InChI=1S/C15H22F3N3/c1-10(2)11(3)21-14(19-4)20-9-12-5-7-13(8-6-12)15(16,17)18/h5-8,10-11H,9H2,1-4H3,(H2,19,20,21). The molecule has 0 aliphatic heterocycles. The molecule has 118 valence electrons. The minimum absolute atomic E-state index is 0.254. The molecule has 2 N–H and O–H groups in total. The molecule has 0 saturated heterocycles. The van der Waals surface area contributed by atoms with E-state index in [1.165, 1.54) is 12.1 Å². The molecule has 0 aliphatic carbocycles. The molecule has 0 bridgehead atoms. The molecule has 0 heterocycles. The molecule has 1 rings (SSSR count). The van der Waals surface area contributed by atoms with Crippen molar-refractivity contribution in [3.8, 4) is 0 Å². The van der Waals surface area contributed by atoms with Crippen LogP contribution in [0.5, 0.6) is 0 Å². The van der Waals surface area contributed by atoms with Crippen LogP contribution >= 0.6 is 0 Å². The highest BCUT2D eigenvalue weighted by molar-refractivity contribution is 5.79. The molecular formula is C15H22F3N3. The zero-order chi connectivity index (χ0) is 16.0. The number of guanidine groups is 1. The van der Waals surface area contributed by atoms with E-state index in [-0.39, 0.29) is 6.04 Å². The van der Waals surface area contributed by atoms with Gasteiger partial charge < -0.3 is 10.6 Å². The van der Waals surface area contributed by atoms with Gasteiger partial charge in [0, 0.05) is 19.6 Å². The summed E-state index contributed by atoms with van der Waals surface area (Å²) in [6, 6.07) is 5.36. The van der Waals surface area contributed by atoms with Gasteiger partial charge in [0.2, 0.25) is 0 Å². The van der Waals surface area contributed by atoms with Gasteiger partial charge in [-0.1, -0.05) is 26.0 Å². The van der Waals surface area contributed by atoms with E-state index in [0.29, 0.717) is 18.4 Å². The predicted octanol–water partition coefficient (Wildman–Crippen LogP) is 3.41. The minimum Gasteiger partial charge on any atom is -0.354 e. The Morgan fingerprint density at radius 2 is 1.71 bits per heavy atom. The summed E-state index contributed by atoms with van der Waals surface area (Å²) >= 11 is 0. The Balaban J connectivity index is 2.58. The maximum Gasteiger partial charge on any atom is 0.416 e. The van der Waals surface area contributed by atoms with E-state index in [0.717, 1.165) is 17.7 Å². The third-order valence-electron chi connectivity index (χ3n) is 3.33. The van der Waals surface area contributed by atoms with E-state index in [9.17, 15) is 13.2 Å². The van der Waals surface area contributed by atoms with Crippen LogP contribution < -0.4 is 10.6 Å². The van der Waals surface area contributed by atoms with Crippen molar-refractivity contribution in [1.82, 2.24) is 10.6 Å². The van der Waals surface area contributed by atoms with E-state index in [4.69, 9.17) is 0 Å². The van der Waals surface area contributed by atoms with Crippen molar-refractivity contribution < 1.29 is 13.2 Å². The largest absolute Gasteiger partial charge is 0.416 e. The van der Waals surface area contributed by atoms with Crippen molar-refractivity contribution in [3.63, 3.8) is 0 Å². The number of rotatable bonds is 4. The van der Waals surface area contributed by atoms with Gasteiger partial charge in [0.15, 0.2) is 5.96 Å². The van der Waals surface area contributed by atoms with E-state index in [1.807, 2.05) is 0 Å². The SMILES string of the molecule is CN=C(NCc1ccc(C(F)(F)F)cc1)NC(C)C(C)C. The summed E-state index contributed by atoms with van der Waals surface area (Å²) in [5.41, 5.74) is 0.130. The summed E-state index contributed by atoms with van der Waals surface area (Å²) in [6.07, 6.45) is -4.30. The zero-order valence-electron chi connectivity index (χ0n) is 12.8. The highest BCUT2D eigenvalue weighted by atomic mass is 19.4. The van der Waals surface area contributed by atoms with Crippen LogP contribution in [0.4, 0.5) is 13.2 Å². The van der Waals surface area contributed by atoms with Gasteiger partial charge in [-0.3, -0.25) is 4.99 Å². The number of halogens is 3. The number of aliphatic imine (C=N–C) groups is 1. The average Bonchev–Trinajstić information content (AvgIpc) is 2.42. The summed E-state index contributed by atoms with van der Waals surface area (Å²) in [6.45, 7) is 6.67. The van der Waals surface area contributed by atoms with E-state index < -0.39 is 11.7 Å². The molecule has 0 aromatic heterocycles. The van der Waals surface area contributed by atoms with E-state index in [1.54, 1.807) is 7.05 Å². The molecule has 0 saturated carbocycles. The first kappa shape index (κ1) is 17.3. The Kier molecular flexibility index (Phi) is 6.05. The van der Waals surface area contributed by atoms with E-state index >= 15 is 0 Å². The molecule has 1 aromatic carbocycles. The molecule has 3 nitrogen and oxygen atoms in total. The van der Waals surface area contributed by atoms with Crippen molar-refractivity contribution >= 4 is 5.96 Å². The lowest BCUT2D eigenvalue weighted by Crippen LogP contribution is -2.43. The summed E-state index contributed by atoms with van der Waals surface area (Å²) in [5, 5.41) is 6.32. The Bertz CT molecular complexity index is 464. The maximum absolute atomic E-state index is 12.5. The smallest absolute Gasteiger partial charge is 0.354 e. The van der Waals surface area contributed by atoms with Crippen LogP contribution in [0.1, 0.15) is 31.9 Å². The first-order valence-electron chi connectivity index (χ1n) is 6.87. The van der Waals surface area contributed by atoms with Crippen LogP contribution in [0.3, 0.4) is 0 Å². The lowest BCUT2D eigenvalue weighted by atomic mass is 10.1. The van der Waals surface area contributed by atoms with Crippen molar-refractivity contribution in [2.75, 3.05) is 7.05 Å². The molecule has 0 amide bonds. The van der Waals surface area contributed by atoms with Gasteiger partial charge in [-0.15, -0.1) is 0 Å². The number of benzene rings is 1. The fraction of sp³-hybridized carbons (Fsp3) is 0.533. The predicted molar refractivity (Wildman–Crippen MR) is 79.1 cm³/mol. The number of nitrogens with one attached hydrogen (secondary N) is 2. The quantitative estimate of drug-likeness (QED) is 0.660. The molecule has 0 aliphatic rings. The van der Waals surface area contributed by atoms with Crippen molar-refractivity contribution in [3.05, 3.63) is 35.4 Å². The number of alkyl halides is 3. The summed E-state index contributed by atoms with van der Waals surface area (Å²) < 4.78 is 37.4. The first-order chi connectivity index (χ1) is 9.74. The number of nitrogens with zero attached hydrogens (tertiary/aromatic N) is 1. The van der Waals surface area contributed by atoms with Gasteiger partial charge in [-0.05, 0) is 30.5 Å². The van der Waals surface area contributed by atoms with Crippen LogP contribution in [0, 0.1) is 5.92 Å². The summed E-state index contributed by atoms with van der Waals surface area (Å²) in [5.74, 6) is 1.09. The highest BCUT2D eigenvalue weighted by Crippen LogP contribution is 2.28. The fourth-order valence-electron chi connectivity index (χ4n) is 1.57. The van der Waals surface area contributed by atoms with Crippen molar-refractivity contribution in [2.24, 2.45) is 10.9 Å². The second kappa shape index (κ2) is 7.33. The monoisotopic (exact) mass is 301 g/mol. The van der Waals surface area contributed by atoms with Gasteiger partial charge in [0.05, 0.1) is 5.56 Å². The fourth-order valence-corrected chi connectivity index (χ4v) is 1.57. The Morgan fingerprint density at radius 3 is 2.14 bits per heavy atom. The second-order valence-electron chi connectivity index (χ2n) is 5.30. The second-order valence-corrected chi connectivity index (χ2v) is 5.30.